The molecule has 5 heteroatoms. The summed E-state index contributed by atoms with van der Waals surface area (Å²) in [6.07, 6.45) is 4.25. The van der Waals surface area contributed by atoms with Crippen LogP contribution in [0.5, 0.6) is 0 Å². The van der Waals surface area contributed by atoms with E-state index in [4.69, 9.17) is 0 Å². The fraction of sp³-hybridized carbons (Fsp3) is 0.500. The Balaban J connectivity index is 2.03. The number of rotatable bonds is 4. The molecule has 104 valence electrons. The lowest BCUT2D eigenvalue weighted by molar-refractivity contribution is 0.0880. The molecule has 1 amide bonds. The van der Waals surface area contributed by atoms with E-state index in [0.717, 1.165) is 34.6 Å². The first kappa shape index (κ1) is 15.0. The molecule has 0 heterocycles. The van der Waals surface area contributed by atoms with Gasteiger partial charge in [-0.3, -0.25) is 4.79 Å². The summed E-state index contributed by atoms with van der Waals surface area (Å²) in [5.74, 6) is -0.104. The molecule has 0 spiro atoms. The first-order chi connectivity index (χ1) is 9.06. The lowest BCUT2D eigenvalue weighted by atomic mass is 9.87. The van der Waals surface area contributed by atoms with Crippen LogP contribution in [-0.4, -0.2) is 24.2 Å². The normalized spacial score (nSPS) is 17.4. The molecule has 0 aromatic heterocycles. The lowest BCUT2D eigenvalue weighted by Gasteiger charge is -2.26. The van der Waals surface area contributed by atoms with Crippen LogP contribution < -0.4 is 5.32 Å². The van der Waals surface area contributed by atoms with Gasteiger partial charge in [-0.1, -0.05) is 28.8 Å². The summed E-state index contributed by atoms with van der Waals surface area (Å²) in [7, 11) is 0. The molecule has 0 atom stereocenters. The summed E-state index contributed by atoms with van der Waals surface area (Å²) < 4.78 is 1.65. The van der Waals surface area contributed by atoms with E-state index in [9.17, 15) is 9.90 Å². The maximum Gasteiger partial charge on any atom is 0.252 e. The number of halogens is 2. The van der Waals surface area contributed by atoms with Crippen molar-refractivity contribution in [3.8, 4) is 0 Å². The highest BCUT2D eigenvalue weighted by atomic mass is 79.9. The van der Waals surface area contributed by atoms with Gasteiger partial charge in [0.1, 0.15) is 0 Å². The number of aliphatic hydroxyl groups is 1. The van der Waals surface area contributed by atoms with Gasteiger partial charge < -0.3 is 10.4 Å². The van der Waals surface area contributed by atoms with Crippen molar-refractivity contribution in [3.05, 3.63) is 32.7 Å². The molecule has 2 N–H and O–H groups in total. The van der Waals surface area contributed by atoms with Crippen molar-refractivity contribution < 1.29 is 9.90 Å². The standard InChI is InChI=1S/C14H17Br2NO2/c15-10-3-4-12(16)11(7-10)13(19)17-8-14(9-18)5-1-2-6-14/h3-4,7,18H,1-2,5-6,8-9H2,(H,17,19). The maximum absolute atomic E-state index is 12.2. The molecule has 3 nitrogen and oxygen atoms in total. The molecule has 0 aliphatic heterocycles. The number of hydrogen-bond donors (Lipinski definition) is 2. The molecule has 1 aliphatic carbocycles. The Morgan fingerprint density at radius 1 is 1.32 bits per heavy atom. The van der Waals surface area contributed by atoms with Gasteiger partial charge in [0, 0.05) is 20.9 Å². The monoisotopic (exact) mass is 389 g/mol. The van der Waals surface area contributed by atoms with E-state index in [1.165, 1.54) is 0 Å². The summed E-state index contributed by atoms with van der Waals surface area (Å²) in [4.78, 5) is 12.2. The van der Waals surface area contributed by atoms with Crippen LogP contribution in [0.25, 0.3) is 0 Å². The van der Waals surface area contributed by atoms with Gasteiger partial charge in [-0.15, -0.1) is 0 Å². The molecule has 2 rings (SSSR count). The average molecular weight is 391 g/mol. The van der Waals surface area contributed by atoms with Crippen molar-refractivity contribution >= 4 is 37.8 Å². The second kappa shape index (κ2) is 6.37. The smallest absolute Gasteiger partial charge is 0.252 e. The van der Waals surface area contributed by atoms with Crippen molar-refractivity contribution in [1.82, 2.24) is 5.32 Å². The fourth-order valence-corrected chi connectivity index (χ4v) is 3.34. The van der Waals surface area contributed by atoms with Gasteiger partial charge >= 0.3 is 0 Å². The Bertz CT molecular complexity index is 471. The number of nitrogens with one attached hydrogen (secondary N) is 1. The minimum atomic E-state index is -0.117. The van der Waals surface area contributed by atoms with Gasteiger partial charge in [0.15, 0.2) is 0 Å². The summed E-state index contributed by atoms with van der Waals surface area (Å²) in [5.41, 5.74) is 0.495. The Kier molecular flexibility index (Phi) is 5.03. The third-order valence-corrected chi connectivity index (χ3v) is 4.98. The number of amides is 1. The molecular weight excluding hydrogens is 374 g/mol. The topological polar surface area (TPSA) is 49.3 Å². The van der Waals surface area contributed by atoms with Gasteiger partial charge in [-0.05, 0) is 47.0 Å². The van der Waals surface area contributed by atoms with Gasteiger partial charge in [-0.2, -0.15) is 0 Å². The van der Waals surface area contributed by atoms with Crippen LogP contribution in [0.4, 0.5) is 0 Å². The summed E-state index contributed by atoms with van der Waals surface area (Å²) in [5, 5.41) is 12.5. The molecule has 1 saturated carbocycles. The molecular formula is C14H17Br2NO2. The van der Waals surface area contributed by atoms with Crippen molar-refractivity contribution in [2.45, 2.75) is 25.7 Å². The van der Waals surface area contributed by atoms with Crippen LogP contribution in [0.15, 0.2) is 27.1 Å². The molecule has 1 aromatic carbocycles. The summed E-state index contributed by atoms with van der Waals surface area (Å²) in [6.45, 7) is 0.689. The largest absolute Gasteiger partial charge is 0.396 e. The predicted molar refractivity (Wildman–Crippen MR) is 82.2 cm³/mol. The molecule has 1 aromatic rings. The zero-order chi connectivity index (χ0) is 13.9. The van der Waals surface area contributed by atoms with E-state index < -0.39 is 0 Å². The minimum Gasteiger partial charge on any atom is -0.396 e. The quantitative estimate of drug-likeness (QED) is 0.826. The van der Waals surface area contributed by atoms with E-state index >= 15 is 0 Å². The summed E-state index contributed by atoms with van der Waals surface area (Å²) in [6, 6.07) is 5.52. The zero-order valence-electron chi connectivity index (χ0n) is 10.6. The molecule has 1 fully saturated rings. The number of carbonyl (C=O) groups excluding carboxylic acids is 1. The van der Waals surface area contributed by atoms with Gasteiger partial charge in [0.2, 0.25) is 0 Å². The fourth-order valence-electron chi connectivity index (χ4n) is 2.55. The maximum atomic E-state index is 12.2. The number of carbonyl (C=O) groups is 1. The van der Waals surface area contributed by atoms with E-state index in [1.54, 1.807) is 6.07 Å². The predicted octanol–water partition coefficient (Wildman–Crippen LogP) is 3.49. The number of aliphatic hydroxyl groups excluding tert-OH is 1. The second-order valence-corrected chi connectivity index (χ2v) is 6.94. The van der Waals surface area contributed by atoms with Gasteiger partial charge in [0.05, 0.1) is 12.2 Å². The van der Waals surface area contributed by atoms with Crippen molar-refractivity contribution in [2.24, 2.45) is 5.41 Å². The third kappa shape index (κ3) is 3.58. The van der Waals surface area contributed by atoms with Crippen molar-refractivity contribution in [1.29, 1.82) is 0 Å². The van der Waals surface area contributed by atoms with Gasteiger partial charge in [0.25, 0.3) is 5.91 Å². The highest BCUT2D eigenvalue weighted by Crippen LogP contribution is 2.37. The first-order valence-electron chi connectivity index (χ1n) is 6.40. The average Bonchev–Trinajstić information content (AvgIpc) is 2.88. The third-order valence-electron chi connectivity index (χ3n) is 3.80. The Labute approximate surface area is 130 Å². The lowest BCUT2D eigenvalue weighted by Crippen LogP contribution is -2.38. The van der Waals surface area contributed by atoms with Crippen LogP contribution in [0.1, 0.15) is 36.0 Å². The van der Waals surface area contributed by atoms with Crippen LogP contribution in [0.3, 0.4) is 0 Å². The van der Waals surface area contributed by atoms with Crippen LogP contribution >= 0.6 is 31.9 Å². The van der Waals surface area contributed by atoms with Crippen molar-refractivity contribution in [2.75, 3.05) is 13.2 Å². The Morgan fingerprint density at radius 3 is 2.63 bits per heavy atom. The molecule has 0 radical (unpaired) electrons. The number of hydrogen-bond acceptors (Lipinski definition) is 2. The molecule has 1 aliphatic rings. The van der Waals surface area contributed by atoms with Crippen LogP contribution in [0, 0.1) is 5.41 Å². The van der Waals surface area contributed by atoms with Crippen molar-refractivity contribution in [3.63, 3.8) is 0 Å². The highest BCUT2D eigenvalue weighted by molar-refractivity contribution is 9.11. The van der Waals surface area contributed by atoms with Crippen LogP contribution in [0.2, 0.25) is 0 Å². The van der Waals surface area contributed by atoms with E-state index in [-0.39, 0.29) is 17.9 Å². The Hall–Kier alpha value is -0.390. The molecule has 19 heavy (non-hydrogen) atoms. The zero-order valence-corrected chi connectivity index (χ0v) is 13.8. The highest BCUT2D eigenvalue weighted by Gasteiger charge is 2.33. The minimum absolute atomic E-state index is 0.104. The first-order valence-corrected chi connectivity index (χ1v) is 7.99. The second-order valence-electron chi connectivity index (χ2n) is 5.17. The van der Waals surface area contributed by atoms with E-state index in [1.807, 2.05) is 12.1 Å². The van der Waals surface area contributed by atoms with E-state index in [0.29, 0.717) is 12.1 Å². The molecule has 0 unspecified atom stereocenters. The van der Waals surface area contributed by atoms with Gasteiger partial charge in [-0.25, -0.2) is 0 Å². The van der Waals surface area contributed by atoms with Crippen LogP contribution in [-0.2, 0) is 0 Å². The Morgan fingerprint density at radius 2 is 2.00 bits per heavy atom. The number of benzene rings is 1. The molecule has 0 bridgehead atoms. The SMILES string of the molecule is O=C(NCC1(CO)CCCC1)c1cc(Br)ccc1Br. The van der Waals surface area contributed by atoms with E-state index in [2.05, 4.69) is 37.2 Å². The molecule has 0 saturated heterocycles. The summed E-state index contributed by atoms with van der Waals surface area (Å²) >= 11 is 6.75.